The van der Waals surface area contributed by atoms with Gasteiger partial charge < -0.3 is 4.74 Å². The minimum Gasteiger partial charge on any atom is -0.444 e. The van der Waals surface area contributed by atoms with Crippen LogP contribution in [0.4, 0.5) is 4.39 Å². The van der Waals surface area contributed by atoms with Gasteiger partial charge in [-0.3, -0.25) is 0 Å². The maximum Gasteiger partial charge on any atom is 0.207 e. The molecule has 0 aliphatic heterocycles. The number of nitrogens with zero attached hydrogens (tertiary/aromatic N) is 1. The van der Waals surface area contributed by atoms with Gasteiger partial charge in [-0.15, -0.1) is 0 Å². The van der Waals surface area contributed by atoms with Gasteiger partial charge in [-0.25, -0.2) is 4.39 Å². The lowest BCUT2D eigenvalue weighted by Crippen LogP contribution is -1.83. The first kappa shape index (κ1) is 11.6. The van der Waals surface area contributed by atoms with Crippen LogP contribution in [0.2, 0.25) is 0 Å². The van der Waals surface area contributed by atoms with E-state index in [-0.39, 0.29) is 5.82 Å². The second-order valence-electron chi connectivity index (χ2n) is 3.67. The summed E-state index contributed by atoms with van der Waals surface area (Å²) in [5.74, 6) is 0.272. The van der Waals surface area contributed by atoms with E-state index in [9.17, 15) is 4.39 Å². The molecule has 0 saturated carbocycles. The van der Waals surface area contributed by atoms with Crippen molar-refractivity contribution >= 4 is 38.4 Å². The van der Waals surface area contributed by atoms with Gasteiger partial charge in [0.1, 0.15) is 11.6 Å². The molecule has 2 nitrogen and oxygen atoms in total. The first-order chi connectivity index (χ1) is 8.74. The SMILES string of the molecule is Fc1ccc(Oc2snc3ccccc23)cc1Br. The zero-order valence-corrected chi connectivity index (χ0v) is 11.5. The van der Waals surface area contributed by atoms with Crippen LogP contribution in [-0.2, 0) is 0 Å². The third-order valence-electron chi connectivity index (χ3n) is 2.45. The topological polar surface area (TPSA) is 22.1 Å². The van der Waals surface area contributed by atoms with Crippen LogP contribution in [0, 0.1) is 5.82 Å². The molecular formula is C13H7BrFNOS. The van der Waals surface area contributed by atoms with Crippen LogP contribution in [0.3, 0.4) is 0 Å². The number of hydrogen-bond acceptors (Lipinski definition) is 3. The summed E-state index contributed by atoms with van der Waals surface area (Å²) in [5.41, 5.74) is 0.902. The van der Waals surface area contributed by atoms with Crippen LogP contribution in [0.25, 0.3) is 10.9 Å². The average Bonchev–Trinajstić information content (AvgIpc) is 2.78. The summed E-state index contributed by atoms with van der Waals surface area (Å²) in [7, 11) is 0. The van der Waals surface area contributed by atoms with Gasteiger partial charge in [-0.1, -0.05) is 12.1 Å². The summed E-state index contributed by atoms with van der Waals surface area (Å²) in [6.07, 6.45) is 0. The Bertz CT molecular complexity index is 713. The van der Waals surface area contributed by atoms with Gasteiger partial charge in [0.05, 0.1) is 15.4 Å². The Labute approximate surface area is 115 Å². The number of halogens is 2. The van der Waals surface area contributed by atoms with Crippen molar-refractivity contribution in [3.63, 3.8) is 0 Å². The molecule has 0 aliphatic carbocycles. The van der Waals surface area contributed by atoms with Crippen molar-refractivity contribution in [2.75, 3.05) is 0 Å². The highest BCUT2D eigenvalue weighted by atomic mass is 79.9. The molecule has 2 aromatic carbocycles. The zero-order valence-electron chi connectivity index (χ0n) is 9.06. The van der Waals surface area contributed by atoms with Gasteiger partial charge >= 0.3 is 0 Å². The fourth-order valence-electron chi connectivity index (χ4n) is 1.59. The van der Waals surface area contributed by atoms with Gasteiger partial charge in [0.2, 0.25) is 5.06 Å². The van der Waals surface area contributed by atoms with Crippen LogP contribution < -0.4 is 4.74 Å². The summed E-state index contributed by atoms with van der Waals surface area (Å²) in [5, 5.41) is 1.67. The Balaban J connectivity index is 1.98. The monoisotopic (exact) mass is 323 g/mol. The van der Waals surface area contributed by atoms with E-state index in [4.69, 9.17) is 4.74 Å². The molecule has 90 valence electrons. The smallest absolute Gasteiger partial charge is 0.207 e. The Morgan fingerprint density at radius 1 is 1.17 bits per heavy atom. The van der Waals surface area contributed by atoms with E-state index < -0.39 is 0 Å². The second-order valence-corrected chi connectivity index (χ2v) is 5.26. The van der Waals surface area contributed by atoms with E-state index in [0.29, 0.717) is 15.3 Å². The van der Waals surface area contributed by atoms with Gasteiger partial charge in [0, 0.05) is 11.5 Å². The number of hydrogen-bond donors (Lipinski definition) is 0. The maximum absolute atomic E-state index is 13.1. The predicted octanol–water partition coefficient (Wildman–Crippen LogP) is 4.99. The lowest BCUT2D eigenvalue weighted by molar-refractivity contribution is 0.498. The van der Waals surface area contributed by atoms with Crippen molar-refractivity contribution in [3.8, 4) is 10.8 Å². The van der Waals surface area contributed by atoms with E-state index in [1.54, 1.807) is 12.1 Å². The minimum absolute atomic E-state index is 0.309. The molecule has 0 saturated heterocycles. The molecule has 3 rings (SSSR count). The third-order valence-corrected chi connectivity index (χ3v) is 3.82. The molecule has 0 radical (unpaired) electrons. The predicted molar refractivity (Wildman–Crippen MR) is 73.8 cm³/mol. The molecular weight excluding hydrogens is 317 g/mol. The molecule has 0 amide bonds. The Morgan fingerprint density at radius 2 is 2.00 bits per heavy atom. The normalized spacial score (nSPS) is 10.8. The van der Waals surface area contributed by atoms with Crippen LogP contribution >= 0.6 is 27.5 Å². The summed E-state index contributed by atoms with van der Waals surface area (Å²) >= 11 is 4.42. The van der Waals surface area contributed by atoms with Crippen LogP contribution in [0.5, 0.6) is 10.8 Å². The molecule has 18 heavy (non-hydrogen) atoms. The van der Waals surface area contributed by atoms with E-state index in [2.05, 4.69) is 20.3 Å². The largest absolute Gasteiger partial charge is 0.444 e. The summed E-state index contributed by atoms with van der Waals surface area (Å²) in [4.78, 5) is 0. The van der Waals surface area contributed by atoms with Crippen molar-refractivity contribution in [2.45, 2.75) is 0 Å². The number of ether oxygens (including phenoxy) is 1. The third kappa shape index (κ3) is 2.11. The number of fused-ring (bicyclic) bond motifs is 1. The molecule has 1 aromatic heterocycles. The zero-order chi connectivity index (χ0) is 12.5. The quantitative estimate of drug-likeness (QED) is 0.662. The fourth-order valence-corrected chi connectivity index (χ4v) is 2.69. The number of aromatic nitrogens is 1. The average molecular weight is 324 g/mol. The van der Waals surface area contributed by atoms with Crippen LogP contribution in [0.1, 0.15) is 0 Å². The summed E-state index contributed by atoms with van der Waals surface area (Å²) in [6.45, 7) is 0. The molecule has 0 bridgehead atoms. The van der Waals surface area contributed by atoms with Crippen molar-refractivity contribution in [2.24, 2.45) is 0 Å². The van der Waals surface area contributed by atoms with E-state index in [1.165, 1.54) is 17.6 Å². The highest BCUT2D eigenvalue weighted by molar-refractivity contribution is 9.10. The van der Waals surface area contributed by atoms with Crippen LogP contribution in [0.15, 0.2) is 46.9 Å². The van der Waals surface area contributed by atoms with E-state index in [1.807, 2.05) is 24.3 Å². The van der Waals surface area contributed by atoms with Crippen molar-refractivity contribution in [3.05, 3.63) is 52.8 Å². The highest BCUT2D eigenvalue weighted by Crippen LogP contribution is 2.34. The van der Waals surface area contributed by atoms with Gasteiger partial charge in [0.15, 0.2) is 0 Å². The van der Waals surface area contributed by atoms with Crippen LogP contribution in [-0.4, -0.2) is 4.37 Å². The Morgan fingerprint density at radius 3 is 2.83 bits per heavy atom. The Hall–Kier alpha value is -1.46. The molecule has 0 unspecified atom stereocenters. The van der Waals surface area contributed by atoms with Gasteiger partial charge in [0.25, 0.3) is 0 Å². The standard InChI is InChI=1S/C13H7BrFNOS/c14-10-7-8(5-6-11(10)15)17-13-9-3-1-2-4-12(9)16-18-13/h1-7H. The molecule has 3 aromatic rings. The molecule has 0 N–H and O–H groups in total. The molecule has 0 fully saturated rings. The first-order valence-electron chi connectivity index (χ1n) is 5.21. The molecule has 1 heterocycles. The maximum atomic E-state index is 13.1. The highest BCUT2D eigenvalue weighted by Gasteiger charge is 2.08. The Kier molecular flexibility index (Phi) is 3.01. The van der Waals surface area contributed by atoms with E-state index >= 15 is 0 Å². The lowest BCUT2D eigenvalue weighted by atomic mass is 10.2. The summed E-state index contributed by atoms with van der Waals surface area (Å²) < 4.78 is 23.5. The van der Waals surface area contributed by atoms with Crippen molar-refractivity contribution in [1.82, 2.24) is 4.37 Å². The van der Waals surface area contributed by atoms with Gasteiger partial charge in [-0.05, 0) is 46.3 Å². The number of benzene rings is 2. The lowest BCUT2D eigenvalue weighted by Gasteiger charge is -2.03. The molecule has 0 spiro atoms. The van der Waals surface area contributed by atoms with E-state index in [0.717, 1.165) is 10.9 Å². The van der Waals surface area contributed by atoms with Gasteiger partial charge in [-0.2, -0.15) is 4.37 Å². The van der Waals surface area contributed by atoms with Crippen molar-refractivity contribution < 1.29 is 9.13 Å². The molecule has 0 aliphatic rings. The van der Waals surface area contributed by atoms with Crippen molar-refractivity contribution in [1.29, 1.82) is 0 Å². The minimum atomic E-state index is -0.309. The number of rotatable bonds is 2. The first-order valence-corrected chi connectivity index (χ1v) is 6.78. The molecule has 0 atom stereocenters. The molecule has 5 heteroatoms. The fraction of sp³-hybridized carbons (Fsp3) is 0. The second kappa shape index (κ2) is 4.66. The summed E-state index contributed by atoms with van der Waals surface area (Å²) in [6, 6.07) is 12.3.